The molecule has 25 heavy (non-hydrogen) atoms. The highest BCUT2D eigenvalue weighted by Crippen LogP contribution is 2.35. The number of amides is 1. The molecule has 3 rings (SSSR count). The van der Waals surface area contributed by atoms with Crippen LogP contribution in [0, 0.1) is 20.8 Å². The zero-order chi connectivity index (χ0) is 18.1. The normalized spacial score (nSPS) is 10.8. The number of hydrogen-bond acceptors (Lipinski definition) is 8. The number of esters is 1. The molecular weight excluding hydrogens is 360 g/mol. The van der Waals surface area contributed by atoms with Crippen molar-refractivity contribution in [3.05, 3.63) is 33.3 Å². The largest absolute Gasteiger partial charge is 0.451 e. The minimum atomic E-state index is -0.636. The van der Waals surface area contributed by atoms with Crippen LogP contribution in [0.3, 0.4) is 0 Å². The van der Waals surface area contributed by atoms with Crippen LogP contribution in [0.25, 0.3) is 10.2 Å². The Bertz CT molecular complexity index is 977. The molecule has 0 saturated carbocycles. The molecule has 1 amide bonds. The van der Waals surface area contributed by atoms with Gasteiger partial charge in [-0.1, -0.05) is 0 Å². The van der Waals surface area contributed by atoms with E-state index in [1.165, 1.54) is 22.7 Å². The van der Waals surface area contributed by atoms with Crippen molar-refractivity contribution in [2.45, 2.75) is 20.8 Å². The summed E-state index contributed by atoms with van der Waals surface area (Å²) in [5.41, 5.74) is 9.04. The van der Waals surface area contributed by atoms with E-state index in [2.05, 4.69) is 15.3 Å². The summed E-state index contributed by atoms with van der Waals surface area (Å²) in [6.45, 7) is 5.22. The zero-order valence-corrected chi connectivity index (χ0v) is 15.5. The maximum Gasteiger partial charge on any atom is 0.351 e. The van der Waals surface area contributed by atoms with Crippen LogP contribution in [-0.2, 0) is 9.53 Å². The smallest absolute Gasteiger partial charge is 0.351 e. The molecule has 3 N–H and O–H groups in total. The summed E-state index contributed by atoms with van der Waals surface area (Å²) in [7, 11) is 0. The highest BCUT2D eigenvalue weighted by Gasteiger charge is 2.21. The van der Waals surface area contributed by atoms with Gasteiger partial charge in [-0.2, -0.15) is 0 Å². The summed E-state index contributed by atoms with van der Waals surface area (Å²) in [6.07, 6.45) is 0. The molecule has 0 fully saturated rings. The minimum absolute atomic E-state index is 0.258. The van der Waals surface area contributed by atoms with Crippen LogP contribution < -0.4 is 11.1 Å². The van der Waals surface area contributed by atoms with Crippen molar-refractivity contribution in [2.24, 2.45) is 0 Å². The number of aromatic nitrogens is 2. The fourth-order valence-electron chi connectivity index (χ4n) is 2.38. The summed E-state index contributed by atoms with van der Waals surface area (Å²) in [5.74, 6) is -1.09. The molecule has 3 aromatic heterocycles. The first kappa shape index (κ1) is 17.3. The second-order valence-electron chi connectivity index (χ2n) is 5.52. The van der Waals surface area contributed by atoms with E-state index < -0.39 is 18.5 Å². The molecule has 9 heteroatoms. The monoisotopic (exact) mass is 376 g/mol. The summed E-state index contributed by atoms with van der Waals surface area (Å²) < 4.78 is 5.08. The van der Waals surface area contributed by atoms with Crippen molar-refractivity contribution in [1.29, 1.82) is 0 Å². The maximum atomic E-state index is 12.3. The number of nitrogen functional groups attached to an aromatic ring is 1. The lowest BCUT2D eigenvalue weighted by molar-refractivity contribution is -0.119. The fraction of sp³-hybridized carbons (Fsp3) is 0.250. The molecule has 0 saturated heterocycles. The van der Waals surface area contributed by atoms with Crippen molar-refractivity contribution in [1.82, 2.24) is 9.97 Å². The van der Waals surface area contributed by atoms with E-state index in [0.29, 0.717) is 15.6 Å². The second kappa shape index (κ2) is 6.77. The van der Waals surface area contributed by atoms with E-state index in [-0.39, 0.29) is 4.88 Å². The van der Waals surface area contributed by atoms with Gasteiger partial charge in [0.2, 0.25) is 0 Å². The topological polar surface area (TPSA) is 107 Å². The molecule has 3 heterocycles. The van der Waals surface area contributed by atoms with E-state index in [0.717, 1.165) is 22.3 Å². The van der Waals surface area contributed by atoms with Gasteiger partial charge in [0, 0.05) is 16.5 Å². The molecule has 0 spiro atoms. The van der Waals surface area contributed by atoms with Crippen molar-refractivity contribution >= 4 is 55.6 Å². The van der Waals surface area contributed by atoms with Gasteiger partial charge in [0.15, 0.2) is 11.7 Å². The molecule has 0 bridgehead atoms. The van der Waals surface area contributed by atoms with E-state index in [1.807, 2.05) is 32.2 Å². The Kier molecular flexibility index (Phi) is 4.69. The Morgan fingerprint density at radius 1 is 1.24 bits per heavy atom. The number of rotatable bonds is 4. The van der Waals surface area contributed by atoms with Crippen LogP contribution >= 0.6 is 22.7 Å². The van der Waals surface area contributed by atoms with Gasteiger partial charge in [0.05, 0.1) is 11.4 Å². The van der Waals surface area contributed by atoms with Crippen LogP contribution in [0.5, 0.6) is 0 Å². The third-order valence-electron chi connectivity index (χ3n) is 3.41. The number of thiazole rings is 1. The number of nitrogens with two attached hydrogens (primary N) is 1. The van der Waals surface area contributed by atoms with Gasteiger partial charge in [0.1, 0.15) is 9.71 Å². The number of carbonyl (C=O) groups excluding carboxylic acids is 2. The molecule has 0 aromatic carbocycles. The van der Waals surface area contributed by atoms with E-state index >= 15 is 0 Å². The van der Waals surface area contributed by atoms with Crippen LogP contribution in [0.15, 0.2) is 11.4 Å². The van der Waals surface area contributed by atoms with E-state index in [4.69, 9.17) is 10.5 Å². The molecule has 0 aliphatic heterocycles. The number of thiophene rings is 1. The van der Waals surface area contributed by atoms with Crippen molar-refractivity contribution in [2.75, 3.05) is 17.7 Å². The lowest BCUT2D eigenvalue weighted by Crippen LogP contribution is -2.20. The number of anilines is 2. The van der Waals surface area contributed by atoms with Crippen molar-refractivity contribution < 1.29 is 14.3 Å². The van der Waals surface area contributed by atoms with Gasteiger partial charge in [0.25, 0.3) is 5.91 Å². The van der Waals surface area contributed by atoms with Gasteiger partial charge >= 0.3 is 5.97 Å². The highest BCUT2D eigenvalue weighted by atomic mass is 32.1. The predicted molar refractivity (Wildman–Crippen MR) is 99.3 cm³/mol. The van der Waals surface area contributed by atoms with Crippen LogP contribution in [0.1, 0.15) is 26.6 Å². The quantitative estimate of drug-likeness (QED) is 0.678. The Balaban J connectivity index is 1.71. The molecule has 0 radical (unpaired) electrons. The van der Waals surface area contributed by atoms with Crippen molar-refractivity contribution in [3.8, 4) is 0 Å². The Morgan fingerprint density at radius 2 is 2.00 bits per heavy atom. The molecular formula is C16H16N4O3S2. The Hall–Kier alpha value is -2.52. The van der Waals surface area contributed by atoms with Crippen LogP contribution in [0.4, 0.5) is 10.8 Å². The summed E-state index contributed by atoms with van der Waals surface area (Å²) in [5, 5.41) is 5.62. The first-order valence-electron chi connectivity index (χ1n) is 7.40. The first-order valence-corrected chi connectivity index (χ1v) is 9.10. The van der Waals surface area contributed by atoms with Gasteiger partial charge in [-0.3, -0.25) is 10.1 Å². The standard InChI is InChI=1S/C16H16N4O3S2/c1-7-4-8(2)18-14-11(7)12(17)13(25-14)15(22)23-5-10(21)20-16-19-9(3)6-24-16/h4,6H,5,17H2,1-3H3,(H,19,20,21). The number of ether oxygens (including phenoxy) is 1. The number of carbonyl (C=O) groups is 2. The van der Waals surface area contributed by atoms with Gasteiger partial charge in [-0.15, -0.1) is 22.7 Å². The van der Waals surface area contributed by atoms with E-state index in [9.17, 15) is 9.59 Å². The molecule has 3 aromatic rings. The van der Waals surface area contributed by atoms with Gasteiger partial charge in [-0.05, 0) is 32.4 Å². The van der Waals surface area contributed by atoms with Crippen LogP contribution in [0.2, 0.25) is 0 Å². The average Bonchev–Trinajstić information content (AvgIpc) is 3.08. The van der Waals surface area contributed by atoms with Gasteiger partial charge in [-0.25, -0.2) is 14.8 Å². The first-order chi connectivity index (χ1) is 11.8. The number of nitrogens with one attached hydrogen (secondary N) is 1. The molecule has 7 nitrogen and oxygen atoms in total. The fourth-order valence-corrected chi connectivity index (χ4v) is 4.20. The maximum absolute atomic E-state index is 12.3. The second-order valence-corrected chi connectivity index (χ2v) is 7.38. The lowest BCUT2D eigenvalue weighted by Gasteiger charge is -2.04. The Morgan fingerprint density at radius 3 is 2.68 bits per heavy atom. The SMILES string of the molecule is Cc1csc(NC(=O)COC(=O)c2sc3nc(C)cc(C)c3c2N)n1. The van der Waals surface area contributed by atoms with Gasteiger partial charge < -0.3 is 10.5 Å². The molecule has 130 valence electrons. The lowest BCUT2D eigenvalue weighted by atomic mass is 10.1. The number of aryl methyl sites for hydroxylation is 3. The van der Waals surface area contributed by atoms with E-state index in [1.54, 1.807) is 0 Å². The molecule has 0 atom stereocenters. The summed E-state index contributed by atoms with van der Waals surface area (Å²) in [6, 6.07) is 1.91. The highest BCUT2D eigenvalue weighted by molar-refractivity contribution is 7.21. The number of hydrogen-bond donors (Lipinski definition) is 2. The number of pyridine rings is 1. The minimum Gasteiger partial charge on any atom is -0.451 e. The summed E-state index contributed by atoms with van der Waals surface area (Å²) >= 11 is 2.47. The number of nitrogens with zero attached hydrogens (tertiary/aromatic N) is 2. The molecule has 0 aliphatic rings. The third kappa shape index (κ3) is 3.62. The third-order valence-corrected chi connectivity index (χ3v) is 5.36. The van der Waals surface area contributed by atoms with Crippen LogP contribution in [-0.4, -0.2) is 28.5 Å². The number of fused-ring (bicyclic) bond motifs is 1. The average molecular weight is 376 g/mol. The van der Waals surface area contributed by atoms with Crippen molar-refractivity contribution in [3.63, 3.8) is 0 Å². The predicted octanol–water partition coefficient (Wildman–Crippen LogP) is 3.06. The Labute approximate surface area is 151 Å². The molecule has 0 unspecified atom stereocenters. The summed E-state index contributed by atoms with van der Waals surface area (Å²) in [4.78, 5) is 33.6. The molecule has 0 aliphatic carbocycles. The zero-order valence-electron chi connectivity index (χ0n) is 13.9.